The van der Waals surface area contributed by atoms with Crippen molar-refractivity contribution in [3.05, 3.63) is 23.8 Å². The molecule has 0 saturated carbocycles. The molecule has 0 heterocycles. The molecule has 1 rings (SSSR count). The molecule has 0 aromatic heterocycles. The largest absolute Gasteiger partial charge is 0.506 e. The Labute approximate surface area is 125 Å². The van der Waals surface area contributed by atoms with Gasteiger partial charge in [-0.3, -0.25) is 5.32 Å². The van der Waals surface area contributed by atoms with Gasteiger partial charge in [0.15, 0.2) is 0 Å². The number of aromatic hydroxyl groups is 1. The highest BCUT2D eigenvalue weighted by Crippen LogP contribution is 2.31. The van der Waals surface area contributed by atoms with Gasteiger partial charge in [0.2, 0.25) is 0 Å². The molecule has 0 saturated heterocycles. The van der Waals surface area contributed by atoms with Crippen LogP contribution in [0.25, 0.3) is 0 Å². The first-order valence-electron chi connectivity index (χ1n) is 6.70. The number of amides is 1. The molecule has 0 bridgehead atoms. The van der Waals surface area contributed by atoms with E-state index in [1.807, 2.05) is 6.92 Å². The second-order valence-electron chi connectivity index (χ2n) is 6.00. The number of anilines is 1. The summed E-state index contributed by atoms with van der Waals surface area (Å²) in [7, 11) is 1.56. The van der Waals surface area contributed by atoms with Gasteiger partial charge >= 0.3 is 6.09 Å². The Morgan fingerprint density at radius 2 is 1.95 bits per heavy atom. The van der Waals surface area contributed by atoms with Crippen molar-refractivity contribution in [1.82, 2.24) is 0 Å². The number of rotatable bonds is 4. The number of nitrogens with two attached hydrogens (primary N) is 1. The smallest absolute Gasteiger partial charge is 0.412 e. The average Bonchev–Trinajstić information content (AvgIpc) is 2.38. The molecule has 0 aliphatic rings. The second kappa shape index (κ2) is 6.32. The van der Waals surface area contributed by atoms with Crippen LogP contribution in [0, 0.1) is 0 Å². The molecule has 0 aliphatic heterocycles. The van der Waals surface area contributed by atoms with Crippen molar-refractivity contribution in [3.63, 3.8) is 0 Å². The maximum Gasteiger partial charge on any atom is 0.412 e. The van der Waals surface area contributed by atoms with Gasteiger partial charge in [0.05, 0.1) is 5.69 Å². The molecule has 21 heavy (non-hydrogen) atoms. The molecule has 118 valence electrons. The zero-order valence-corrected chi connectivity index (χ0v) is 13.2. The quantitative estimate of drug-likeness (QED) is 0.742. The van der Waals surface area contributed by atoms with Crippen LogP contribution in [0.15, 0.2) is 18.2 Å². The van der Waals surface area contributed by atoms with Gasteiger partial charge in [0.25, 0.3) is 0 Å². The summed E-state index contributed by atoms with van der Waals surface area (Å²) in [6.45, 7) is 7.38. The Bertz CT molecular complexity index is 505. The third-order valence-corrected chi connectivity index (χ3v) is 3.08. The first kappa shape index (κ1) is 17.3. The Hall–Kier alpha value is -1.79. The van der Waals surface area contributed by atoms with Gasteiger partial charge in [0, 0.05) is 13.7 Å². The molecule has 6 nitrogen and oxygen atoms in total. The van der Waals surface area contributed by atoms with Crippen molar-refractivity contribution in [2.75, 3.05) is 19.0 Å². The van der Waals surface area contributed by atoms with Crippen LogP contribution in [0.4, 0.5) is 10.5 Å². The lowest BCUT2D eigenvalue weighted by Gasteiger charge is -2.27. The summed E-state index contributed by atoms with van der Waals surface area (Å²) < 4.78 is 10.6. The predicted molar refractivity (Wildman–Crippen MR) is 81.4 cm³/mol. The lowest BCUT2D eigenvalue weighted by atomic mass is 9.95. The van der Waals surface area contributed by atoms with Crippen molar-refractivity contribution < 1.29 is 19.4 Å². The van der Waals surface area contributed by atoms with Crippen LogP contribution in [-0.4, -0.2) is 30.5 Å². The monoisotopic (exact) mass is 296 g/mol. The minimum Gasteiger partial charge on any atom is -0.506 e. The molecule has 1 amide bonds. The number of phenols is 1. The molecule has 1 aromatic rings. The zero-order valence-electron chi connectivity index (χ0n) is 13.2. The van der Waals surface area contributed by atoms with Crippen molar-refractivity contribution in [2.45, 2.75) is 38.9 Å². The lowest BCUT2D eigenvalue weighted by molar-refractivity contribution is 0.0101. The minimum atomic E-state index is -0.696. The summed E-state index contributed by atoms with van der Waals surface area (Å²) in [5.41, 5.74) is 5.41. The fourth-order valence-corrected chi connectivity index (χ4v) is 1.70. The van der Waals surface area contributed by atoms with E-state index in [4.69, 9.17) is 15.2 Å². The summed E-state index contributed by atoms with van der Waals surface area (Å²) in [6, 6.07) is 4.80. The van der Waals surface area contributed by atoms with Crippen molar-refractivity contribution in [2.24, 2.45) is 5.73 Å². The maximum atomic E-state index is 11.8. The van der Waals surface area contributed by atoms with E-state index in [-0.39, 0.29) is 18.0 Å². The van der Waals surface area contributed by atoms with Crippen LogP contribution in [-0.2, 0) is 15.1 Å². The van der Waals surface area contributed by atoms with Gasteiger partial charge in [-0.1, -0.05) is 6.07 Å². The number of hydrogen-bond donors (Lipinski definition) is 3. The minimum absolute atomic E-state index is 0.0555. The Kier molecular flexibility index (Phi) is 5.20. The number of ether oxygens (including phenoxy) is 2. The van der Waals surface area contributed by atoms with Gasteiger partial charge in [-0.25, -0.2) is 4.79 Å². The summed E-state index contributed by atoms with van der Waals surface area (Å²) in [5.74, 6) is -0.0555. The first-order valence-corrected chi connectivity index (χ1v) is 6.70. The molecular weight excluding hydrogens is 272 g/mol. The predicted octanol–water partition coefficient (Wildman–Crippen LogP) is 2.56. The highest BCUT2D eigenvalue weighted by molar-refractivity contribution is 5.87. The number of nitrogens with one attached hydrogen (secondary N) is 1. The first-order chi connectivity index (χ1) is 9.61. The van der Waals surface area contributed by atoms with E-state index in [0.29, 0.717) is 0 Å². The van der Waals surface area contributed by atoms with Gasteiger partial charge in [0.1, 0.15) is 17.0 Å². The lowest BCUT2D eigenvalue weighted by Crippen LogP contribution is -2.33. The number of carbonyl (C=O) groups is 1. The Morgan fingerprint density at radius 3 is 2.43 bits per heavy atom. The normalized spacial score (nSPS) is 14.4. The van der Waals surface area contributed by atoms with Gasteiger partial charge < -0.3 is 20.3 Å². The molecule has 1 aromatic carbocycles. The topological polar surface area (TPSA) is 93.8 Å². The molecular formula is C15H24N2O4. The molecule has 1 unspecified atom stereocenters. The Balaban J connectivity index is 3.01. The standard InChI is InChI=1S/C15H24N2O4/c1-14(2,3)21-13(19)17-11-8-10(6-7-12(11)18)15(4,9-16)20-5/h6-8,18H,9,16H2,1-5H3,(H,17,19). The van der Waals surface area contributed by atoms with E-state index in [2.05, 4.69) is 5.32 Å². The highest BCUT2D eigenvalue weighted by atomic mass is 16.6. The van der Waals surface area contributed by atoms with Crippen LogP contribution in [0.5, 0.6) is 5.75 Å². The van der Waals surface area contributed by atoms with E-state index in [1.54, 1.807) is 40.0 Å². The molecule has 0 fully saturated rings. The number of carbonyl (C=O) groups excluding carboxylic acids is 1. The molecule has 0 spiro atoms. The molecule has 6 heteroatoms. The van der Waals surface area contributed by atoms with Crippen LogP contribution in [0.2, 0.25) is 0 Å². The molecule has 0 radical (unpaired) electrons. The number of hydrogen-bond acceptors (Lipinski definition) is 5. The molecule has 0 aliphatic carbocycles. The summed E-state index contributed by atoms with van der Waals surface area (Å²) in [5, 5.41) is 12.4. The van der Waals surface area contributed by atoms with Crippen molar-refractivity contribution in [3.8, 4) is 5.75 Å². The number of benzene rings is 1. The van der Waals surface area contributed by atoms with E-state index < -0.39 is 17.3 Å². The zero-order chi connectivity index (χ0) is 16.3. The fraction of sp³-hybridized carbons (Fsp3) is 0.533. The van der Waals surface area contributed by atoms with E-state index in [1.165, 1.54) is 6.07 Å². The van der Waals surface area contributed by atoms with Crippen LogP contribution in [0.1, 0.15) is 33.3 Å². The SMILES string of the molecule is COC(C)(CN)c1ccc(O)c(NC(=O)OC(C)(C)C)c1. The number of methoxy groups -OCH3 is 1. The van der Waals surface area contributed by atoms with Gasteiger partial charge in [-0.2, -0.15) is 0 Å². The number of phenolic OH excluding ortho intramolecular Hbond substituents is 1. The molecule has 4 N–H and O–H groups in total. The van der Waals surface area contributed by atoms with Crippen LogP contribution < -0.4 is 11.1 Å². The maximum absolute atomic E-state index is 11.8. The second-order valence-corrected chi connectivity index (χ2v) is 6.00. The van der Waals surface area contributed by atoms with E-state index in [0.717, 1.165) is 5.56 Å². The summed E-state index contributed by atoms with van der Waals surface area (Å²) in [6.07, 6.45) is -0.637. The third kappa shape index (κ3) is 4.61. The third-order valence-electron chi connectivity index (χ3n) is 3.08. The van der Waals surface area contributed by atoms with Crippen molar-refractivity contribution >= 4 is 11.8 Å². The van der Waals surface area contributed by atoms with Crippen molar-refractivity contribution in [1.29, 1.82) is 0 Å². The summed E-state index contributed by atoms with van der Waals surface area (Å²) in [4.78, 5) is 11.8. The van der Waals surface area contributed by atoms with Crippen LogP contribution >= 0.6 is 0 Å². The summed E-state index contributed by atoms with van der Waals surface area (Å²) >= 11 is 0. The fourth-order valence-electron chi connectivity index (χ4n) is 1.70. The van der Waals surface area contributed by atoms with E-state index in [9.17, 15) is 9.90 Å². The van der Waals surface area contributed by atoms with E-state index >= 15 is 0 Å². The molecule has 1 atom stereocenters. The van der Waals surface area contributed by atoms with Crippen LogP contribution in [0.3, 0.4) is 0 Å². The van der Waals surface area contributed by atoms with Gasteiger partial charge in [-0.15, -0.1) is 0 Å². The highest BCUT2D eigenvalue weighted by Gasteiger charge is 2.26. The Morgan fingerprint density at radius 1 is 1.33 bits per heavy atom. The average molecular weight is 296 g/mol. The van der Waals surface area contributed by atoms with Gasteiger partial charge in [-0.05, 0) is 45.4 Å².